The lowest BCUT2D eigenvalue weighted by molar-refractivity contribution is -0.118. The molecule has 0 bridgehead atoms. The third kappa shape index (κ3) is 5.53. The minimum atomic E-state index is -0.154. The van der Waals surface area contributed by atoms with Gasteiger partial charge in [-0.3, -0.25) is 4.79 Å². The summed E-state index contributed by atoms with van der Waals surface area (Å²) >= 11 is 10.6. The Labute approximate surface area is 140 Å². The second kappa shape index (κ2) is 8.22. The van der Waals surface area contributed by atoms with E-state index in [9.17, 15) is 4.79 Å². The van der Waals surface area contributed by atoms with E-state index in [1.165, 1.54) is 11.8 Å². The molecular formula is C15H12BrClN2OS. The summed E-state index contributed by atoms with van der Waals surface area (Å²) in [5.74, 6) is 0.146. The normalized spacial score (nSPS) is 10.8. The molecule has 0 aromatic heterocycles. The van der Waals surface area contributed by atoms with Crippen molar-refractivity contribution in [1.82, 2.24) is 5.43 Å². The number of amides is 1. The number of hydrogen-bond acceptors (Lipinski definition) is 3. The van der Waals surface area contributed by atoms with Gasteiger partial charge >= 0.3 is 0 Å². The standard InChI is InChI=1S/C15H12BrClN2OS/c16-14-4-2-1-3-11(14)9-18-19-15(20)10-21-13-7-5-12(17)6-8-13/h1-9H,10H2,(H,19,20). The summed E-state index contributed by atoms with van der Waals surface area (Å²) in [6, 6.07) is 15.0. The summed E-state index contributed by atoms with van der Waals surface area (Å²) in [4.78, 5) is 12.7. The number of carbonyl (C=O) groups excluding carboxylic acids is 1. The molecule has 0 radical (unpaired) electrons. The highest BCUT2D eigenvalue weighted by molar-refractivity contribution is 9.10. The molecule has 0 saturated carbocycles. The number of hydrogen-bond donors (Lipinski definition) is 1. The number of thioether (sulfide) groups is 1. The van der Waals surface area contributed by atoms with E-state index < -0.39 is 0 Å². The van der Waals surface area contributed by atoms with Crippen LogP contribution < -0.4 is 5.43 Å². The van der Waals surface area contributed by atoms with E-state index >= 15 is 0 Å². The van der Waals surface area contributed by atoms with Gasteiger partial charge in [0.05, 0.1) is 12.0 Å². The lowest BCUT2D eigenvalue weighted by Gasteiger charge is -2.01. The number of nitrogens with zero attached hydrogens (tertiary/aromatic N) is 1. The molecule has 0 heterocycles. The van der Waals surface area contributed by atoms with Crippen LogP contribution in [-0.4, -0.2) is 17.9 Å². The molecule has 0 atom stereocenters. The summed E-state index contributed by atoms with van der Waals surface area (Å²) in [7, 11) is 0. The van der Waals surface area contributed by atoms with Crippen LogP contribution in [0.15, 0.2) is 63.0 Å². The van der Waals surface area contributed by atoms with E-state index in [0.717, 1.165) is 14.9 Å². The van der Waals surface area contributed by atoms with E-state index in [1.54, 1.807) is 18.3 Å². The fourth-order valence-electron chi connectivity index (χ4n) is 1.47. The number of nitrogens with one attached hydrogen (secondary N) is 1. The minimum absolute atomic E-state index is 0.154. The van der Waals surface area contributed by atoms with Crippen LogP contribution in [0.2, 0.25) is 5.02 Å². The number of rotatable bonds is 5. The Morgan fingerprint density at radius 2 is 1.95 bits per heavy atom. The maximum atomic E-state index is 11.7. The van der Waals surface area contributed by atoms with Crippen molar-refractivity contribution < 1.29 is 4.79 Å². The van der Waals surface area contributed by atoms with Crippen LogP contribution in [0, 0.1) is 0 Å². The summed E-state index contributed by atoms with van der Waals surface area (Å²) in [6.07, 6.45) is 1.61. The second-order valence-electron chi connectivity index (χ2n) is 4.06. The Morgan fingerprint density at radius 1 is 1.24 bits per heavy atom. The fraction of sp³-hybridized carbons (Fsp3) is 0.0667. The van der Waals surface area contributed by atoms with E-state index in [-0.39, 0.29) is 5.91 Å². The Kier molecular flexibility index (Phi) is 6.29. The second-order valence-corrected chi connectivity index (χ2v) is 6.40. The van der Waals surface area contributed by atoms with Crippen molar-refractivity contribution >= 4 is 51.4 Å². The van der Waals surface area contributed by atoms with Gasteiger partial charge in [0.15, 0.2) is 0 Å². The molecule has 2 rings (SSSR count). The quantitative estimate of drug-likeness (QED) is 0.474. The van der Waals surface area contributed by atoms with E-state index in [1.807, 2.05) is 36.4 Å². The zero-order valence-electron chi connectivity index (χ0n) is 10.9. The van der Waals surface area contributed by atoms with Gasteiger partial charge < -0.3 is 0 Å². The molecule has 0 aliphatic heterocycles. The largest absolute Gasteiger partial charge is 0.272 e. The minimum Gasteiger partial charge on any atom is -0.272 e. The molecule has 21 heavy (non-hydrogen) atoms. The number of carbonyl (C=O) groups is 1. The third-order valence-electron chi connectivity index (χ3n) is 2.48. The van der Waals surface area contributed by atoms with Gasteiger partial charge in [-0.1, -0.05) is 45.7 Å². The lowest BCUT2D eigenvalue weighted by atomic mass is 10.2. The van der Waals surface area contributed by atoms with Crippen LogP contribution in [0.1, 0.15) is 5.56 Å². The van der Waals surface area contributed by atoms with Crippen LogP contribution >= 0.6 is 39.3 Å². The summed E-state index contributed by atoms with van der Waals surface area (Å²) in [5.41, 5.74) is 3.41. The molecule has 0 fully saturated rings. The van der Waals surface area contributed by atoms with Crippen LogP contribution in [0.3, 0.4) is 0 Å². The first-order valence-electron chi connectivity index (χ1n) is 6.10. The van der Waals surface area contributed by atoms with Crippen molar-refractivity contribution in [3.63, 3.8) is 0 Å². The molecule has 0 aliphatic carbocycles. The zero-order chi connectivity index (χ0) is 15.1. The molecule has 0 unspecified atom stereocenters. The first kappa shape index (κ1) is 16.1. The van der Waals surface area contributed by atoms with Crippen molar-refractivity contribution in [3.8, 4) is 0 Å². The molecule has 1 amide bonds. The van der Waals surface area contributed by atoms with E-state index in [2.05, 4.69) is 26.5 Å². The monoisotopic (exact) mass is 382 g/mol. The van der Waals surface area contributed by atoms with Gasteiger partial charge in [-0.15, -0.1) is 11.8 Å². The predicted molar refractivity (Wildman–Crippen MR) is 92.1 cm³/mol. The van der Waals surface area contributed by atoms with Crippen LogP contribution in [-0.2, 0) is 4.79 Å². The van der Waals surface area contributed by atoms with Crippen molar-refractivity contribution in [3.05, 3.63) is 63.6 Å². The number of benzene rings is 2. The zero-order valence-corrected chi connectivity index (χ0v) is 14.1. The molecule has 1 N–H and O–H groups in total. The van der Waals surface area contributed by atoms with Crippen molar-refractivity contribution in [2.45, 2.75) is 4.90 Å². The average Bonchev–Trinajstić information content (AvgIpc) is 2.49. The summed E-state index contributed by atoms with van der Waals surface area (Å²) < 4.78 is 0.929. The SMILES string of the molecule is O=C(CSc1ccc(Cl)cc1)NN=Cc1ccccc1Br. The Hall–Kier alpha value is -1.30. The summed E-state index contributed by atoms with van der Waals surface area (Å²) in [6.45, 7) is 0. The molecule has 2 aromatic carbocycles. The average molecular weight is 384 g/mol. The van der Waals surface area contributed by atoms with Gasteiger partial charge in [0.2, 0.25) is 5.91 Å². The Balaban J connectivity index is 1.80. The van der Waals surface area contributed by atoms with Gasteiger partial charge in [0.25, 0.3) is 0 Å². The molecular weight excluding hydrogens is 372 g/mol. The highest BCUT2D eigenvalue weighted by atomic mass is 79.9. The summed E-state index contributed by atoms with van der Waals surface area (Å²) in [5, 5.41) is 4.62. The molecule has 0 aliphatic rings. The molecule has 2 aromatic rings. The molecule has 108 valence electrons. The van der Waals surface area contributed by atoms with Crippen molar-refractivity contribution in [2.75, 3.05) is 5.75 Å². The van der Waals surface area contributed by atoms with Crippen molar-refractivity contribution in [1.29, 1.82) is 0 Å². The lowest BCUT2D eigenvalue weighted by Crippen LogP contribution is -2.19. The number of hydrazone groups is 1. The Bertz CT molecular complexity index is 646. The maximum Gasteiger partial charge on any atom is 0.250 e. The molecule has 6 heteroatoms. The first-order valence-corrected chi connectivity index (χ1v) is 8.25. The van der Waals surface area contributed by atoms with Gasteiger partial charge in [-0.25, -0.2) is 5.43 Å². The molecule has 3 nitrogen and oxygen atoms in total. The van der Waals surface area contributed by atoms with E-state index in [0.29, 0.717) is 10.8 Å². The van der Waals surface area contributed by atoms with Gasteiger partial charge in [-0.05, 0) is 30.3 Å². The smallest absolute Gasteiger partial charge is 0.250 e. The first-order chi connectivity index (χ1) is 10.1. The van der Waals surface area contributed by atoms with Crippen LogP contribution in [0.4, 0.5) is 0 Å². The fourth-order valence-corrected chi connectivity index (χ4v) is 2.67. The third-order valence-corrected chi connectivity index (χ3v) is 4.47. The molecule has 0 spiro atoms. The van der Waals surface area contributed by atoms with Gasteiger partial charge in [0, 0.05) is 20.0 Å². The van der Waals surface area contributed by atoms with Gasteiger partial charge in [-0.2, -0.15) is 5.10 Å². The predicted octanol–water partition coefficient (Wildman–Crippen LogP) is 4.34. The topological polar surface area (TPSA) is 41.5 Å². The van der Waals surface area contributed by atoms with Crippen molar-refractivity contribution in [2.24, 2.45) is 5.10 Å². The number of halogens is 2. The highest BCUT2D eigenvalue weighted by Gasteiger charge is 2.01. The Morgan fingerprint density at radius 3 is 2.67 bits per heavy atom. The van der Waals surface area contributed by atoms with E-state index in [4.69, 9.17) is 11.6 Å². The van der Waals surface area contributed by atoms with Gasteiger partial charge in [0.1, 0.15) is 0 Å². The van der Waals surface area contributed by atoms with Crippen LogP contribution in [0.25, 0.3) is 0 Å². The molecule has 0 saturated heterocycles. The van der Waals surface area contributed by atoms with Crippen LogP contribution in [0.5, 0.6) is 0 Å². The highest BCUT2D eigenvalue weighted by Crippen LogP contribution is 2.19. The maximum absolute atomic E-state index is 11.7.